The van der Waals surface area contributed by atoms with Crippen molar-refractivity contribution in [1.82, 2.24) is 0 Å². The molecule has 0 atom stereocenters. The predicted molar refractivity (Wildman–Crippen MR) is 98.5 cm³/mol. The molecule has 0 aliphatic rings. The highest BCUT2D eigenvalue weighted by molar-refractivity contribution is 7.99. The van der Waals surface area contributed by atoms with Gasteiger partial charge < -0.3 is 4.74 Å². The Hall–Kier alpha value is -1.51. The summed E-state index contributed by atoms with van der Waals surface area (Å²) in [5, 5.41) is 0. The molecule has 0 saturated heterocycles. The van der Waals surface area contributed by atoms with Crippen molar-refractivity contribution in [2.24, 2.45) is 0 Å². The first kappa shape index (κ1) is 16.9. The van der Waals surface area contributed by atoms with Crippen molar-refractivity contribution in [1.29, 1.82) is 0 Å². The van der Waals surface area contributed by atoms with Gasteiger partial charge in [-0.1, -0.05) is 42.5 Å². The largest absolute Gasteiger partial charge is 0.381 e. The summed E-state index contributed by atoms with van der Waals surface area (Å²) in [6.45, 7) is 7.95. The van der Waals surface area contributed by atoms with Gasteiger partial charge >= 0.3 is 0 Å². The van der Waals surface area contributed by atoms with Gasteiger partial charge in [0.25, 0.3) is 0 Å². The van der Waals surface area contributed by atoms with Gasteiger partial charge in [0.05, 0.1) is 6.61 Å². The van der Waals surface area contributed by atoms with Gasteiger partial charge in [-0.3, -0.25) is 0 Å². The quantitative estimate of drug-likeness (QED) is 0.374. The van der Waals surface area contributed by atoms with Crippen LogP contribution in [0.5, 0.6) is 0 Å². The molecule has 0 aliphatic carbocycles. The van der Waals surface area contributed by atoms with Crippen molar-refractivity contribution in [3.8, 4) is 0 Å². The van der Waals surface area contributed by atoms with E-state index in [2.05, 4.69) is 68.5 Å². The molecule has 2 aromatic carbocycles. The molecule has 2 rings (SSSR count). The minimum Gasteiger partial charge on any atom is -0.381 e. The Morgan fingerprint density at radius 2 is 1.73 bits per heavy atom. The monoisotopic (exact) mass is 312 g/mol. The molecule has 2 aromatic rings. The predicted octanol–water partition coefficient (Wildman–Crippen LogP) is 5.60. The van der Waals surface area contributed by atoms with Gasteiger partial charge in [0.1, 0.15) is 0 Å². The van der Waals surface area contributed by atoms with Gasteiger partial charge in [-0.15, -0.1) is 11.8 Å². The number of thioether (sulfide) groups is 1. The summed E-state index contributed by atoms with van der Waals surface area (Å²) in [7, 11) is 0. The van der Waals surface area contributed by atoms with Gasteiger partial charge in [0, 0.05) is 17.3 Å². The summed E-state index contributed by atoms with van der Waals surface area (Å²) in [5.74, 6) is 0.998. The highest BCUT2D eigenvalue weighted by atomic mass is 32.2. The summed E-state index contributed by atoms with van der Waals surface area (Å²) < 4.78 is 5.38. The standard InChI is InChI=1S/C20H24OS/c1-4-21-13-14-22-19-10-6-9-18(15-19)11-12-20-16(2)7-5-8-17(20)3/h5-12,15H,4,13-14H2,1-3H3/b12-11+. The first-order valence-electron chi connectivity index (χ1n) is 7.75. The van der Waals surface area contributed by atoms with Gasteiger partial charge in [0.2, 0.25) is 0 Å². The molecule has 0 bridgehead atoms. The summed E-state index contributed by atoms with van der Waals surface area (Å²) in [6.07, 6.45) is 4.41. The normalized spacial score (nSPS) is 11.2. The molecule has 22 heavy (non-hydrogen) atoms. The first-order chi connectivity index (χ1) is 10.7. The molecule has 0 spiro atoms. The molecule has 0 unspecified atom stereocenters. The third-order valence-corrected chi connectivity index (χ3v) is 4.50. The van der Waals surface area contributed by atoms with Crippen molar-refractivity contribution in [2.45, 2.75) is 25.7 Å². The average molecular weight is 312 g/mol. The van der Waals surface area contributed by atoms with E-state index in [0.717, 1.165) is 19.0 Å². The van der Waals surface area contributed by atoms with E-state index in [-0.39, 0.29) is 0 Å². The van der Waals surface area contributed by atoms with Gasteiger partial charge in [-0.05, 0) is 55.2 Å². The molecule has 2 heteroatoms. The maximum atomic E-state index is 5.38. The minimum absolute atomic E-state index is 0.791. The Balaban J connectivity index is 2.05. The van der Waals surface area contributed by atoms with Gasteiger partial charge in [0.15, 0.2) is 0 Å². The second-order valence-corrected chi connectivity index (χ2v) is 6.43. The highest BCUT2D eigenvalue weighted by Crippen LogP contribution is 2.21. The zero-order chi connectivity index (χ0) is 15.8. The smallest absolute Gasteiger partial charge is 0.0560 e. The third-order valence-electron chi connectivity index (χ3n) is 3.54. The molecule has 0 aliphatic heterocycles. The second-order valence-electron chi connectivity index (χ2n) is 5.26. The fourth-order valence-electron chi connectivity index (χ4n) is 2.34. The summed E-state index contributed by atoms with van der Waals surface area (Å²) in [4.78, 5) is 1.29. The van der Waals surface area contributed by atoms with Crippen LogP contribution in [-0.2, 0) is 4.74 Å². The van der Waals surface area contributed by atoms with E-state index in [9.17, 15) is 0 Å². The fraction of sp³-hybridized carbons (Fsp3) is 0.300. The summed E-state index contributed by atoms with van der Waals surface area (Å²) >= 11 is 1.84. The lowest BCUT2D eigenvalue weighted by Gasteiger charge is -2.05. The number of rotatable bonds is 7. The maximum absolute atomic E-state index is 5.38. The zero-order valence-corrected chi connectivity index (χ0v) is 14.5. The maximum Gasteiger partial charge on any atom is 0.0560 e. The van der Waals surface area contributed by atoms with Crippen LogP contribution in [0.1, 0.15) is 29.2 Å². The van der Waals surface area contributed by atoms with Crippen LogP contribution in [0.15, 0.2) is 47.4 Å². The molecule has 1 nitrogen and oxygen atoms in total. The van der Waals surface area contributed by atoms with Gasteiger partial charge in [-0.25, -0.2) is 0 Å². The van der Waals surface area contributed by atoms with Crippen LogP contribution in [0.25, 0.3) is 12.2 Å². The molecular formula is C20H24OS. The number of ether oxygens (including phenoxy) is 1. The van der Waals surface area contributed by atoms with E-state index < -0.39 is 0 Å². The average Bonchev–Trinajstić information content (AvgIpc) is 2.52. The molecule has 0 aromatic heterocycles. The Kier molecular flexibility index (Phi) is 6.75. The van der Waals surface area contributed by atoms with Crippen LogP contribution in [0, 0.1) is 13.8 Å². The van der Waals surface area contributed by atoms with Crippen LogP contribution in [0.2, 0.25) is 0 Å². The van der Waals surface area contributed by atoms with Crippen molar-refractivity contribution in [2.75, 3.05) is 19.0 Å². The number of aryl methyl sites for hydroxylation is 2. The molecule has 0 N–H and O–H groups in total. The van der Waals surface area contributed by atoms with E-state index in [1.807, 2.05) is 18.7 Å². The van der Waals surface area contributed by atoms with Crippen LogP contribution in [-0.4, -0.2) is 19.0 Å². The van der Waals surface area contributed by atoms with Crippen LogP contribution < -0.4 is 0 Å². The van der Waals surface area contributed by atoms with Crippen molar-refractivity contribution >= 4 is 23.9 Å². The fourth-order valence-corrected chi connectivity index (χ4v) is 3.17. The molecule has 0 fully saturated rings. The molecule has 0 radical (unpaired) electrons. The highest BCUT2D eigenvalue weighted by Gasteiger charge is 1.99. The molecule has 0 saturated carbocycles. The number of hydrogen-bond donors (Lipinski definition) is 0. The Morgan fingerprint density at radius 3 is 2.45 bits per heavy atom. The Bertz CT molecular complexity index is 611. The number of benzene rings is 2. The van der Waals surface area contributed by atoms with Crippen molar-refractivity contribution < 1.29 is 4.74 Å². The molecule has 0 amide bonds. The van der Waals surface area contributed by atoms with E-state index in [1.165, 1.54) is 27.1 Å². The Labute approximate surface area is 138 Å². The topological polar surface area (TPSA) is 9.23 Å². The SMILES string of the molecule is CCOCCSc1cccc(/C=C/c2c(C)cccc2C)c1. The zero-order valence-electron chi connectivity index (χ0n) is 13.6. The lowest BCUT2D eigenvalue weighted by molar-refractivity contribution is 0.164. The lowest BCUT2D eigenvalue weighted by Crippen LogP contribution is -1.95. The van der Waals surface area contributed by atoms with Crippen LogP contribution in [0.3, 0.4) is 0 Å². The van der Waals surface area contributed by atoms with Crippen LogP contribution in [0.4, 0.5) is 0 Å². The minimum atomic E-state index is 0.791. The van der Waals surface area contributed by atoms with Crippen molar-refractivity contribution in [3.63, 3.8) is 0 Å². The van der Waals surface area contributed by atoms with Gasteiger partial charge in [-0.2, -0.15) is 0 Å². The Morgan fingerprint density at radius 1 is 1.00 bits per heavy atom. The summed E-state index contributed by atoms with van der Waals surface area (Å²) in [5.41, 5.74) is 5.19. The molecular weight excluding hydrogens is 288 g/mol. The third kappa shape index (κ3) is 5.04. The van der Waals surface area contributed by atoms with Crippen LogP contribution >= 0.6 is 11.8 Å². The lowest BCUT2D eigenvalue weighted by atomic mass is 10.0. The second kappa shape index (κ2) is 8.82. The molecule has 0 heterocycles. The van der Waals surface area contributed by atoms with E-state index in [1.54, 1.807) is 0 Å². The number of hydrogen-bond acceptors (Lipinski definition) is 2. The first-order valence-corrected chi connectivity index (χ1v) is 8.74. The van der Waals surface area contributed by atoms with E-state index in [4.69, 9.17) is 4.74 Å². The summed E-state index contributed by atoms with van der Waals surface area (Å²) in [6, 6.07) is 15.1. The molecule has 116 valence electrons. The van der Waals surface area contributed by atoms with E-state index in [0.29, 0.717) is 0 Å². The van der Waals surface area contributed by atoms with E-state index >= 15 is 0 Å². The van der Waals surface area contributed by atoms with Crippen molar-refractivity contribution in [3.05, 3.63) is 64.7 Å².